The van der Waals surface area contributed by atoms with E-state index in [9.17, 15) is 21.9 Å². The van der Waals surface area contributed by atoms with E-state index >= 15 is 0 Å². The molecule has 0 amide bonds. The van der Waals surface area contributed by atoms with Crippen molar-refractivity contribution in [3.63, 3.8) is 0 Å². The van der Waals surface area contributed by atoms with Gasteiger partial charge >= 0.3 is 10.4 Å². The maximum atomic E-state index is 11.2. The van der Waals surface area contributed by atoms with Crippen LogP contribution in [-0.4, -0.2) is 31.0 Å². The summed E-state index contributed by atoms with van der Waals surface area (Å²) in [5.74, 6) is -1.31. The number of hydrogen-bond donors (Lipinski definition) is 3. The van der Waals surface area contributed by atoms with Gasteiger partial charge in [-0.25, -0.2) is 0 Å². The molecule has 0 saturated heterocycles. The second-order valence-corrected chi connectivity index (χ2v) is 6.17. The Balaban J connectivity index is 2.96. The fourth-order valence-electron chi connectivity index (χ4n) is 1.69. The zero-order valence-electron chi connectivity index (χ0n) is 9.59. The van der Waals surface area contributed by atoms with Crippen LogP contribution in [0.25, 0.3) is 10.8 Å². The number of phenolic OH excluding ortho intramolecular Hbond substituents is 1. The fourth-order valence-corrected chi connectivity index (χ4v) is 2.78. The van der Waals surface area contributed by atoms with Crippen molar-refractivity contribution in [2.75, 3.05) is 0 Å². The van der Waals surface area contributed by atoms with Gasteiger partial charge in [-0.3, -0.25) is 9.11 Å². The Labute approximate surface area is 113 Å². The van der Waals surface area contributed by atoms with Crippen LogP contribution < -0.4 is 4.18 Å². The molecule has 0 aromatic heterocycles. The SMILES string of the molecule is O=S(=O)(O)Oc1c(S(=O)(=O)O)cc(O)c2ccccc12. The fraction of sp³-hybridized carbons (Fsp3) is 0. The molecule has 0 aliphatic heterocycles. The topological polar surface area (TPSA) is 138 Å². The van der Waals surface area contributed by atoms with E-state index < -0.39 is 36.9 Å². The van der Waals surface area contributed by atoms with E-state index in [4.69, 9.17) is 9.11 Å². The van der Waals surface area contributed by atoms with Gasteiger partial charge in [0, 0.05) is 16.8 Å². The summed E-state index contributed by atoms with van der Waals surface area (Å²) in [6.07, 6.45) is 0. The molecule has 2 aromatic carbocycles. The molecular weight excluding hydrogens is 312 g/mol. The lowest BCUT2D eigenvalue weighted by Gasteiger charge is -2.11. The lowest BCUT2D eigenvalue weighted by molar-refractivity contribution is 0.383. The average Bonchev–Trinajstić information content (AvgIpc) is 2.30. The van der Waals surface area contributed by atoms with Crippen LogP contribution in [-0.2, 0) is 20.5 Å². The standard InChI is InChI=1S/C10H8O8S2/c11-8-5-9(19(12,13)14)10(18-20(15,16)17)7-4-2-1-3-6(7)8/h1-5,11H,(H,12,13,14)(H,15,16,17). The van der Waals surface area contributed by atoms with Gasteiger partial charge < -0.3 is 9.29 Å². The summed E-state index contributed by atoms with van der Waals surface area (Å²) in [5.41, 5.74) is 0. The molecule has 0 aliphatic carbocycles. The molecule has 0 heterocycles. The number of aromatic hydroxyl groups is 1. The molecule has 0 fully saturated rings. The maximum absolute atomic E-state index is 11.2. The van der Waals surface area contributed by atoms with Crippen LogP contribution in [0.2, 0.25) is 0 Å². The molecule has 3 N–H and O–H groups in total. The Morgan fingerprint density at radius 1 is 0.950 bits per heavy atom. The van der Waals surface area contributed by atoms with Gasteiger partial charge in [0.2, 0.25) is 0 Å². The highest BCUT2D eigenvalue weighted by atomic mass is 32.3. The quantitative estimate of drug-likeness (QED) is 0.711. The number of hydrogen-bond acceptors (Lipinski definition) is 6. The molecule has 2 aromatic rings. The number of fused-ring (bicyclic) bond motifs is 1. The lowest BCUT2D eigenvalue weighted by atomic mass is 10.1. The highest BCUT2D eigenvalue weighted by Gasteiger charge is 2.25. The second kappa shape index (κ2) is 4.59. The summed E-state index contributed by atoms with van der Waals surface area (Å²) in [7, 11) is -9.90. The summed E-state index contributed by atoms with van der Waals surface area (Å²) in [5, 5.41) is 9.66. The van der Waals surface area contributed by atoms with Crippen LogP contribution in [0.5, 0.6) is 11.5 Å². The van der Waals surface area contributed by atoms with Crippen molar-refractivity contribution < 1.29 is 35.2 Å². The second-order valence-electron chi connectivity index (χ2n) is 3.75. The van der Waals surface area contributed by atoms with Crippen LogP contribution in [0.4, 0.5) is 0 Å². The summed E-state index contributed by atoms with van der Waals surface area (Å²) >= 11 is 0. The predicted molar refractivity (Wildman–Crippen MR) is 67.6 cm³/mol. The number of phenols is 1. The zero-order chi connectivity index (χ0) is 15.1. The Morgan fingerprint density at radius 3 is 2.00 bits per heavy atom. The molecule has 10 heteroatoms. The third kappa shape index (κ3) is 2.82. The van der Waals surface area contributed by atoms with Gasteiger partial charge in [0.05, 0.1) is 0 Å². The molecule has 8 nitrogen and oxygen atoms in total. The smallest absolute Gasteiger partial charge is 0.446 e. The van der Waals surface area contributed by atoms with Crippen LogP contribution in [0.15, 0.2) is 35.2 Å². The van der Waals surface area contributed by atoms with E-state index in [1.807, 2.05) is 0 Å². The molecular formula is C10H8O8S2. The summed E-state index contributed by atoms with van der Waals surface area (Å²) in [4.78, 5) is -0.980. The van der Waals surface area contributed by atoms with Gasteiger partial charge in [0.15, 0.2) is 5.75 Å². The van der Waals surface area contributed by atoms with Crippen LogP contribution >= 0.6 is 0 Å². The third-order valence-corrected chi connectivity index (χ3v) is 3.64. The van der Waals surface area contributed by atoms with E-state index in [0.29, 0.717) is 6.07 Å². The third-order valence-electron chi connectivity index (χ3n) is 2.41. The minimum atomic E-state index is -5.02. The molecule has 0 aliphatic rings. The van der Waals surface area contributed by atoms with Crippen LogP contribution in [0, 0.1) is 0 Å². The van der Waals surface area contributed by atoms with Gasteiger partial charge in [0.25, 0.3) is 10.1 Å². The first-order valence-corrected chi connectivity index (χ1v) is 7.79. The normalized spacial score (nSPS) is 12.5. The molecule has 108 valence electrons. The molecule has 2 rings (SSSR count). The van der Waals surface area contributed by atoms with E-state index in [1.165, 1.54) is 24.3 Å². The van der Waals surface area contributed by atoms with Crippen molar-refractivity contribution in [1.29, 1.82) is 0 Å². The molecule has 0 radical (unpaired) electrons. The van der Waals surface area contributed by atoms with Crippen LogP contribution in [0.3, 0.4) is 0 Å². The Bertz CT molecular complexity index is 883. The highest BCUT2D eigenvalue weighted by molar-refractivity contribution is 7.86. The van der Waals surface area contributed by atoms with E-state index in [1.54, 1.807) is 0 Å². The summed E-state index contributed by atoms with van der Waals surface area (Å²) < 4.78 is 66.0. The van der Waals surface area contributed by atoms with Crippen molar-refractivity contribution >= 4 is 31.3 Å². The van der Waals surface area contributed by atoms with Gasteiger partial charge in [-0.2, -0.15) is 16.8 Å². The Kier molecular flexibility index (Phi) is 3.34. The van der Waals surface area contributed by atoms with Crippen molar-refractivity contribution in [2.45, 2.75) is 4.90 Å². The molecule has 0 spiro atoms. The first-order valence-electron chi connectivity index (χ1n) is 4.99. The average molecular weight is 320 g/mol. The van der Waals surface area contributed by atoms with Crippen LogP contribution in [0.1, 0.15) is 0 Å². The first kappa shape index (κ1) is 14.5. The van der Waals surface area contributed by atoms with Crippen molar-refractivity contribution in [1.82, 2.24) is 0 Å². The first-order chi connectivity index (χ1) is 9.09. The zero-order valence-corrected chi connectivity index (χ0v) is 11.2. The van der Waals surface area contributed by atoms with Gasteiger partial charge in [-0.1, -0.05) is 24.3 Å². The molecule has 0 unspecified atom stereocenters. The largest absolute Gasteiger partial charge is 0.507 e. The highest BCUT2D eigenvalue weighted by Crippen LogP contribution is 2.38. The number of rotatable bonds is 3. The minimum absolute atomic E-state index is 0.0820. The van der Waals surface area contributed by atoms with Crippen molar-refractivity contribution in [3.05, 3.63) is 30.3 Å². The van der Waals surface area contributed by atoms with E-state index in [0.717, 1.165) is 0 Å². The molecule has 0 saturated carbocycles. The molecule has 0 bridgehead atoms. The van der Waals surface area contributed by atoms with Crippen molar-refractivity contribution in [3.8, 4) is 11.5 Å². The predicted octanol–water partition coefficient (Wildman–Crippen LogP) is 0.974. The maximum Gasteiger partial charge on any atom is 0.446 e. The lowest BCUT2D eigenvalue weighted by Crippen LogP contribution is -2.11. The Hall–Kier alpha value is -1.88. The van der Waals surface area contributed by atoms with Gasteiger partial charge in [-0.15, -0.1) is 0 Å². The number of benzene rings is 2. The van der Waals surface area contributed by atoms with E-state index in [-0.39, 0.29) is 10.8 Å². The minimum Gasteiger partial charge on any atom is -0.507 e. The molecule has 0 atom stereocenters. The summed E-state index contributed by atoms with van der Waals surface area (Å²) in [6.45, 7) is 0. The van der Waals surface area contributed by atoms with Gasteiger partial charge in [-0.05, 0) is 0 Å². The summed E-state index contributed by atoms with van der Waals surface area (Å²) in [6, 6.07) is 6.18. The van der Waals surface area contributed by atoms with Crippen molar-refractivity contribution in [2.24, 2.45) is 0 Å². The van der Waals surface area contributed by atoms with Gasteiger partial charge in [0.1, 0.15) is 10.6 Å². The molecule has 20 heavy (non-hydrogen) atoms. The monoisotopic (exact) mass is 320 g/mol. The van der Waals surface area contributed by atoms with E-state index in [2.05, 4.69) is 4.18 Å². The Morgan fingerprint density at radius 2 is 1.50 bits per heavy atom.